The molecule has 3 heterocycles. The Kier molecular flexibility index (Phi) is 7.25. The van der Waals surface area contributed by atoms with Crippen molar-refractivity contribution in [1.29, 1.82) is 0 Å². The average Bonchev–Trinajstić information content (AvgIpc) is 3.22. The van der Waals surface area contributed by atoms with E-state index in [9.17, 15) is 22.4 Å². The van der Waals surface area contributed by atoms with E-state index < -0.39 is 25.1 Å². The van der Waals surface area contributed by atoms with E-state index >= 15 is 0 Å². The third kappa shape index (κ3) is 5.37. The molecule has 41 heavy (non-hydrogen) atoms. The Balaban J connectivity index is 1.49. The number of carbonyl (C=O) groups excluding carboxylic acids is 1. The summed E-state index contributed by atoms with van der Waals surface area (Å²) in [5.41, 5.74) is 8.19. The lowest BCUT2D eigenvalue weighted by Crippen LogP contribution is -2.50. The van der Waals surface area contributed by atoms with Gasteiger partial charge in [-0.15, -0.1) is 0 Å². The van der Waals surface area contributed by atoms with Crippen molar-refractivity contribution in [3.8, 4) is 17.2 Å². The molecule has 0 bridgehead atoms. The van der Waals surface area contributed by atoms with Gasteiger partial charge in [0.15, 0.2) is 30.5 Å². The van der Waals surface area contributed by atoms with E-state index in [-0.39, 0.29) is 35.1 Å². The van der Waals surface area contributed by atoms with Crippen LogP contribution in [-0.2, 0) is 16.7 Å². The minimum Gasteiger partial charge on any atom is -0.494 e. The molecule has 0 aliphatic carbocycles. The predicted molar refractivity (Wildman–Crippen MR) is 146 cm³/mol. The number of anilines is 2. The van der Waals surface area contributed by atoms with Gasteiger partial charge < -0.3 is 34.1 Å². The molecule has 2 N–H and O–H groups in total. The van der Waals surface area contributed by atoms with Gasteiger partial charge in [0.1, 0.15) is 11.6 Å². The number of nitrogen functional groups attached to an aromatic ring is 1. The average molecular weight is 580 g/mol. The van der Waals surface area contributed by atoms with E-state index in [0.29, 0.717) is 48.4 Å². The first kappa shape index (κ1) is 28.8. The summed E-state index contributed by atoms with van der Waals surface area (Å²) in [6.45, 7) is 5.41. The lowest BCUT2D eigenvalue weighted by molar-refractivity contribution is -0.236. The number of carbonyl (C=O) groups is 1. The van der Waals surface area contributed by atoms with E-state index in [2.05, 4.69) is 4.90 Å². The van der Waals surface area contributed by atoms with Gasteiger partial charge in [0.2, 0.25) is 0 Å². The molecular weight excluding hydrogens is 546 g/mol. The smallest absolute Gasteiger partial charge is 0.346 e. The van der Waals surface area contributed by atoms with Crippen LogP contribution in [0.25, 0.3) is 10.8 Å². The largest absolute Gasteiger partial charge is 0.494 e. The topological polar surface area (TPSA) is 88.2 Å². The first-order valence-electron chi connectivity index (χ1n) is 13.2. The fourth-order valence-corrected chi connectivity index (χ4v) is 5.03. The first-order chi connectivity index (χ1) is 19.2. The molecule has 8 nitrogen and oxygen atoms in total. The monoisotopic (exact) mass is 579 g/mol. The summed E-state index contributed by atoms with van der Waals surface area (Å²) in [4.78, 5) is 15.8. The highest BCUT2D eigenvalue weighted by atomic mass is 19.3. The van der Waals surface area contributed by atoms with Gasteiger partial charge in [-0.25, -0.2) is 0 Å². The van der Waals surface area contributed by atoms with Crippen molar-refractivity contribution in [2.45, 2.75) is 44.6 Å². The minimum atomic E-state index is -4.41. The Hall–Kier alpha value is -3.67. The molecule has 0 radical (unpaired) electrons. The Bertz CT molecular complexity index is 1480. The number of Topliss-reactive ketones (excluding diaryl/α,β-unsaturated/α-hetero) is 1. The van der Waals surface area contributed by atoms with Gasteiger partial charge in [0, 0.05) is 41.2 Å². The summed E-state index contributed by atoms with van der Waals surface area (Å²) in [6.07, 6.45) is 1.59. The van der Waals surface area contributed by atoms with Crippen molar-refractivity contribution in [2.75, 3.05) is 57.3 Å². The van der Waals surface area contributed by atoms with Crippen LogP contribution < -0.4 is 24.8 Å². The normalized spacial score (nSPS) is 18.6. The number of halogens is 4. The minimum absolute atomic E-state index is 0.115. The number of hydrogen-bond donors (Lipinski definition) is 1. The maximum atomic E-state index is 13.9. The van der Waals surface area contributed by atoms with Crippen LogP contribution in [0.3, 0.4) is 0 Å². The number of fused-ring (bicyclic) bond motifs is 2. The van der Waals surface area contributed by atoms with E-state index in [1.165, 1.54) is 16.7 Å². The van der Waals surface area contributed by atoms with Gasteiger partial charge in [0.05, 0.1) is 32.6 Å². The second kappa shape index (κ2) is 10.3. The molecule has 0 atom stereocenters. The van der Waals surface area contributed by atoms with Crippen molar-refractivity contribution < 1.29 is 41.3 Å². The fourth-order valence-electron chi connectivity index (χ4n) is 5.03. The van der Waals surface area contributed by atoms with Gasteiger partial charge in [-0.05, 0) is 29.7 Å². The van der Waals surface area contributed by atoms with Gasteiger partial charge >= 0.3 is 11.8 Å². The molecule has 0 amide bonds. The van der Waals surface area contributed by atoms with Crippen molar-refractivity contribution >= 4 is 28.1 Å². The number of aromatic nitrogens is 1. The fraction of sp³-hybridized carbons (Fsp3) is 0.483. The van der Waals surface area contributed by atoms with Crippen LogP contribution in [0.4, 0.5) is 29.1 Å². The van der Waals surface area contributed by atoms with Crippen molar-refractivity contribution in [3.05, 3.63) is 41.6 Å². The lowest BCUT2D eigenvalue weighted by Gasteiger charge is -2.33. The van der Waals surface area contributed by atoms with Crippen molar-refractivity contribution in [3.63, 3.8) is 0 Å². The standard InChI is InChI=1S/C29H33F4N3O5/c1-27(2,3)20-9-17(10-21(25(20)38-4)35-5-7-39-8-6-35)22(37)14-36-13-18-11-23-24(12-19(18)26(36)34)41-16-29(32,33)28(30,31)15-40-23/h9-13H,5-8,14-16,34H2,1-4H3. The van der Waals surface area contributed by atoms with Crippen LogP contribution in [0.15, 0.2) is 30.5 Å². The molecule has 1 saturated heterocycles. The molecule has 2 aromatic carbocycles. The van der Waals surface area contributed by atoms with Crippen LogP contribution in [-0.4, -0.2) is 68.8 Å². The summed E-state index contributed by atoms with van der Waals surface area (Å²) in [5, 5.41) is 0.891. The molecule has 1 aromatic heterocycles. The Morgan fingerprint density at radius 1 is 1.00 bits per heavy atom. The van der Waals surface area contributed by atoms with E-state index in [4.69, 9.17) is 24.7 Å². The van der Waals surface area contributed by atoms with E-state index in [1.807, 2.05) is 32.9 Å². The van der Waals surface area contributed by atoms with Crippen molar-refractivity contribution in [1.82, 2.24) is 4.57 Å². The molecule has 0 unspecified atom stereocenters. The predicted octanol–water partition coefficient (Wildman–Crippen LogP) is 5.29. The van der Waals surface area contributed by atoms with Crippen LogP contribution in [0.2, 0.25) is 0 Å². The summed E-state index contributed by atoms with van der Waals surface area (Å²) in [6, 6.07) is 6.40. The molecular formula is C29H33F4N3O5. The Labute approximate surface area is 234 Å². The highest BCUT2D eigenvalue weighted by Gasteiger charge is 2.58. The van der Waals surface area contributed by atoms with Crippen LogP contribution in [0.5, 0.6) is 17.2 Å². The summed E-state index contributed by atoms with van der Waals surface area (Å²) in [5.74, 6) is -8.38. The number of ketones is 1. The zero-order valence-corrected chi connectivity index (χ0v) is 23.4. The summed E-state index contributed by atoms with van der Waals surface area (Å²) < 4.78 is 78.4. The maximum absolute atomic E-state index is 13.9. The highest BCUT2D eigenvalue weighted by molar-refractivity contribution is 6.00. The second-order valence-corrected chi connectivity index (χ2v) is 11.4. The number of methoxy groups -OCH3 is 1. The molecule has 2 aliphatic heterocycles. The molecule has 12 heteroatoms. The quantitative estimate of drug-likeness (QED) is 0.325. The van der Waals surface area contributed by atoms with Crippen molar-refractivity contribution in [2.24, 2.45) is 0 Å². The van der Waals surface area contributed by atoms with Gasteiger partial charge in [-0.1, -0.05) is 20.8 Å². The second-order valence-electron chi connectivity index (χ2n) is 11.4. The number of hydrogen-bond acceptors (Lipinski definition) is 7. The number of alkyl halides is 4. The highest BCUT2D eigenvalue weighted by Crippen LogP contribution is 2.43. The SMILES string of the molecule is COc1c(N2CCOCC2)cc(C(=O)Cn2cc3cc4c(cc3c2N)OCC(F)(F)C(F)(F)CO4)cc1C(C)(C)C. The van der Waals surface area contributed by atoms with Gasteiger partial charge in [-0.3, -0.25) is 4.79 Å². The summed E-state index contributed by atoms with van der Waals surface area (Å²) >= 11 is 0. The number of benzene rings is 2. The Morgan fingerprint density at radius 2 is 1.61 bits per heavy atom. The molecule has 3 aromatic rings. The zero-order chi connectivity index (χ0) is 29.7. The number of ether oxygens (including phenoxy) is 4. The van der Waals surface area contributed by atoms with Crippen LogP contribution in [0, 0.1) is 0 Å². The maximum Gasteiger partial charge on any atom is 0.346 e. The Morgan fingerprint density at radius 3 is 2.20 bits per heavy atom. The molecule has 0 saturated carbocycles. The molecule has 5 rings (SSSR count). The van der Waals surface area contributed by atoms with Crippen LogP contribution >= 0.6 is 0 Å². The number of morpholine rings is 1. The molecule has 0 spiro atoms. The third-order valence-electron chi connectivity index (χ3n) is 7.42. The number of nitrogens with two attached hydrogens (primary N) is 1. The lowest BCUT2D eigenvalue weighted by atomic mass is 9.84. The third-order valence-corrected chi connectivity index (χ3v) is 7.42. The zero-order valence-electron chi connectivity index (χ0n) is 23.4. The number of rotatable bonds is 5. The van der Waals surface area contributed by atoms with E-state index in [1.54, 1.807) is 13.3 Å². The van der Waals surface area contributed by atoms with Gasteiger partial charge in [-0.2, -0.15) is 17.6 Å². The van der Waals surface area contributed by atoms with Gasteiger partial charge in [0.25, 0.3) is 0 Å². The molecule has 2 aliphatic rings. The molecule has 222 valence electrons. The number of nitrogens with zero attached hydrogens (tertiary/aromatic N) is 2. The van der Waals surface area contributed by atoms with Crippen LogP contribution in [0.1, 0.15) is 36.7 Å². The summed E-state index contributed by atoms with van der Waals surface area (Å²) in [7, 11) is 1.61. The van der Waals surface area contributed by atoms with E-state index in [0.717, 1.165) is 11.3 Å². The molecule has 1 fully saturated rings. The first-order valence-corrected chi connectivity index (χ1v) is 13.2.